The predicted octanol–water partition coefficient (Wildman–Crippen LogP) is 2.69. The van der Waals surface area contributed by atoms with E-state index in [1.165, 1.54) is 30.3 Å². The second-order valence-electron chi connectivity index (χ2n) is 11.0. The van der Waals surface area contributed by atoms with Gasteiger partial charge in [0.05, 0.1) is 19.0 Å². The number of fused-ring (bicyclic) bond motifs is 2. The lowest BCUT2D eigenvalue weighted by Gasteiger charge is -2.39. The lowest BCUT2D eigenvalue weighted by molar-refractivity contribution is -0.128. The molecular weight excluding hydrogens is 466 g/mol. The monoisotopic (exact) mass is 507 g/mol. The Morgan fingerprint density at radius 2 is 2.00 bits per heavy atom. The van der Waals surface area contributed by atoms with Crippen molar-refractivity contribution in [3.05, 3.63) is 58.9 Å². The van der Waals surface area contributed by atoms with Gasteiger partial charge >= 0.3 is 0 Å². The van der Waals surface area contributed by atoms with E-state index in [1.54, 1.807) is 7.11 Å². The number of nitrogens with one attached hydrogen (secondary N) is 1. The molecule has 1 spiro atoms. The molecule has 3 N–H and O–H groups in total. The highest BCUT2D eigenvalue weighted by atomic mass is 16.5. The molecule has 0 radical (unpaired) electrons. The minimum atomic E-state index is -0.0711. The van der Waals surface area contributed by atoms with Crippen LogP contribution in [0.4, 0.5) is 0 Å². The van der Waals surface area contributed by atoms with Gasteiger partial charge in [-0.1, -0.05) is 30.8 Å². The molecule has 8 heteroatoms. The van der Waals surface area contributed by atoms with E-state index in [9.17, 15) is 4.79 Å². The number of methoxy groups -OCH3 is 1. The topological polar surface area (TPSA) is 92.4 Å². The molecule has 3 heterocycles. The Bertz CT molecular complexity index is 1070. The molecule has 1 aromatic rings. The molecule has 3 fully saturated rings. The van der Waals surface area contributed by atoms with Crippen LogP contribution in [0.3, 0.4) is 0 Å². The molecular formula is C29H41N5O3. The lowest BCUT2D eigenvalue weighted by atomic mass is 9.86. The first-order chi connectivity index (χ1) is 18.0. The molecule has 0 aromatic heterocycles. The van der Waals surface area contributed by atoms with Crippen LogP contribution in [0.15, 0.2) is 52.8 Å². The van der Waals surface area contributed by atoms with E-state index in [4.69, 9.17) is 15.2 Å². The molecule has 2 saturated heterocycles. The molecule has 8 nitrogen and oxygen atoms in total. The molecule has 1 aliphatic carbocycles. The van der Waals surface area contributed by atoms with E-state index in [1.807, 2.05) is 11.8 Å². The molecule has 1 amide bonds. The van der Waals surface area contributed by atoms with Crippen LogP contribution in [0.25, 0.3) is 0 Å². The van der Waals surface area contributed by atoms with Crippen molar-refractivity contribution in [3.63, 3.8) is 0 Å². The lowest BCUT2D eigenvalue weighted by Crippen LogP contribution is -2.54. The fourth-order valence-electron chi connectivity index (χ4n) is 6.25. The molecule has 1 saturated carbocycles. The zero-order valence-corrected chi connectivity index (χ0v) is 22.2. The number of piperidine rings is 1. The van der Waals surface area contributed by atoms with E-state index in [2.05, 4.69) is 46.1 Å². The maximum Gasteiger partial charge on any atom is 0.272 e. The number of amides is 1. The van der Waals surface area contributed by atoms with Crippen LogP contribution in [-0.2, 0) is 26.2 Å². The zero-order chi connectivity index (χ0) is 26.0. The molecule has 200 valence electrons. The first kappa shape index (κ1) is 25.9. The van der Waals surface area contributed by atoms with E-state index < -0.39 is 0 Å². The highest BCUT2D eigenvalue weighted by molar-refractivity contribution is 5.95. The number of carbonyl (C=O) groups excluding carboxylic acids is 1. The number of hydrogen-bond acceptors (Lipinski definition) is 6. The highest BCUT2D eigenvalue weighted by Gasteiger charge is 2.49. The minimum Gasteiger partial charge on any atom is -0.390 e. The Labute approximate surface area is 220 Å². The largest absolute Gasteiger partial charge is 0.390 e. The normalized spacial score (nSPS) is 26.2. The highest BCUT2D eigenvalue weighted by Crippen LogP contribution is 2.53. The second-order valence-corrected chi connectivity index (χ2v) is 11.0. The van der Waals surface area contributed by atoms with Gasteiger partial charge in [0.1, 0.15) is 5.70 Å². The summed E-state index contributed by atoms with van der Waals surface area (Å²) in [5, 5.41) is 3.75. The number of hydrogen-bond donors (Lipinski definition) is 2. The van der Waals surface area contributed by atoms with Crippen LogP contribution in [0.5, 0.6) is 0 Å². The minimum absolute atomic E-state index is 0.0711. The van der Waals surface area contributed by atoms with Gasteiger partial charge in [-0.3, -0.25) is 4.79 Å². The van der Waals surface area contributed by atoms with Crippen molar-refractivity contribution in [2.75, 3.05) is 40.0 Å². The number of nitrogens with two attached hydrogens (primary N) is 1. The number of carbonyl (C=O) groups is 1. The Morgan fingerprint density at radius 3 is 2.70 bits per heavy atom. The number of nitrogens with zero attached hydrogens (tertiary/aromatic N) is 3. The average molecular weight is 508 g/mol. The average Bonchev–Trinajstić information content (AvgIpc) is 3.70. The van der Waals surface area contributed by atoms with Gasteiger partial charge in [0.2, 0.25) is 0 Å². The Hall–Kier alpha value is -2.68. The third-order valence-electron chi connectivity index (χ3n) is 8.71. The van der Waals surface area contributed by atoms with Crippen LogP contribution < -0.4 is 11.1 Å². The summed E-state index contributed by atoms with van der Waals surface area (Å²) in [4.78, 5) is 22.2. The quantitative estimate of drug-likeness (QED) is 0.255. The van der Waals surface area contributed by atoms with Crippen molar-refractivity contribution in [1.29, 1.82) is 0 Å². The third kappa shape index (κ3) is 5.33. The molecule has 4 aliphatic rings. The van der Waals surface area contributed by atoms with E-state index >= 15 is 0 Å². The maximum absolute atomic E-state index is 13.6. The number of likely N-dealkylation sites (tertiary alicyclic amines) is 1. The fraction of sp³-hybridized carbons (Fsp3) is 0.586. The number of rotatable bonds is 7. The summed E-state index contributed by atoms with van der Waals surface area (Å²) in [5.74, 6) is -0.0711. The Kier molecular flexibility index (Phi) is 7.70. The number of ether oxygens (including phenoxy) is 2. The van der Waals surface area contributed by atoms with Crippen molar-refractivity contribution in [1.82, 2.24) is 15.1 Å². The van der Waals surface area contributed by atoms with Gasteiger partial charge in [0.25, 0.3) is 5.91 Å². The van der Waals surface area contributed by atoms with Gasteiger partial charge in [-0.05, 0) is 50.2 Å². The second kappa shape index (κ2) is 11.0. The number of aliphatic imine (C=N–C) groups is 1. The fourth-order valence-corrected chi connectivity index (χ4v) is 6.25. The molecule has 2 atom stereocenters. The van der Waals surface area contributed by atoms with Crippen molar-refractivity contribution in [3.8, 4) is 0 Å². The summed E-state index contributed by atoms with van der Waals surface area (Å²) in [6, 6.07) is 9.38. The van der Waals surface area contributed by atoms with Gasteiger partial charge in [-0.25, -0.2) is 4.99 Å². The van der Waals surface area contributed by atoms with Crippen molar-refractivity contribution < 1.29 is 14.3 Å². The number of allylic oxidation sites excluding steroid dienone is 1. The third-order valence-corrected chi connectivity index (χ3v) is 8.71. The van der Waals surface area contributed by atoms with Crippen LogP contribution >= 0.6 is 0 Å². The Morgan fingerprint density at radius 1 is 1.24 bits per heavy atom. The van der Waals surface area contributed by atoms with E-state index in [0.717, 1.165) is 50.2 Å². The van der Waals surface area contributed by atoms with E-state index in [0.29, 0.717) is 37.5 Å². The summed E-state index contributed by atoms with van der Waals surface area (Å²) in [7, 11) is 1.74. The zero-order valence-electron chi connectivity index (χ0n) is 22.2. The van der Waals surface area contributed by atoms with Gasteiger partial charge in [0.15, 0.2) is 0 Å². The predicted molar refractivity (Wildman–Crippen MR) is 145 cm³/mol. The summed E-state index contributed by atoms with van der Waals surface area (Å²) in [6.07, 6.45) is 6.43. The summed E-state index contributed by atoms with van der Waals surface area (Å²) in [5.41, 5.74) is 10.8. The van der Waals surface area contributed by atoms with Crippen molar-refractivity contribution in [2.45, 2.75) is 69.2 Å². The SMILES string of the molecule is C=C(/C(C)=C(\N=CN)C(=O)N1CCC(NC2CCOCC2OC)CC1)N1Cc2ccccc2C2(CC2)C1. The van der Waals surface area contributed by atoms with Crippen LogP contribution in [-0.4, -0.2) is 80.2 Å². The summed E-state index contributed by atoms with van der Waals surface area (Å²) < 4.78 is 11.2. The standard InChI is InChI=1S/C29H41N5O3/c1-20(21(2)34-16-22-6-4-5-7-24(22)29(18-34)11-12-29)27(31-19-30)28(35)33-13-8-23(9-14-33)32-25-10-15-37-17-26(25)36-3/h4-7,19,23,25-26,32H,2,8-18H2,1,3H3,(H2,30,31)/b27-20-. The molecule has 3 aliphatic heterocycles. The van der Waals surface area contributed by atoms with Crippen molar-refractivity contribution >= 4 is 12.2 Å². The van der Waals surface area contributed by atoms with Gasteiger partial charge in [-0.2, -0.15) is 0 Å². The van der Waals surface area contributed by atoms with Gasteiger partial charge < -0.3 is 30.3 Å². The van der Waals surface area contributed by atoms with E-state index in [-0.39, 0.29) is 17.4 Å². The molecule has 5 rings (SSSR count). The Balaban J connectivity index is 1.25. The first-order valence-corrected chi connectivity index (χ1v) is 13.6. The maximum atomic E-state index is 13.6. The first-order valence-electron chi connectivity index (χ1n) is 13.6. The molecule has 1 aromatic carbocycles. The molecule has 0 bridgehead atoms. The molecule has 2 unspecified atom stereocenters. The van der Waals surface area contributed by atoms with Crippen LogP contribution in [0.1, 0.15) is 50.2 Å². The van der Waals surface area contributed by atoms with Gasteiger partial charge in [-0.15, -0.1) is 0 Å². The molecule has 37 heavy (non-hydrogen) atoms. The number of benzene rings is 1. The van der Waals surface area contributed by atoms with Crippen molar-refractivity contribution in [2.24, 2.45) is 10.7 Å². The van der Waals surface area contributed by atoms with Crippen LogP contribution in [0.2, 0.25) is 0 Å². The smallest absolute Gasteiger partial charge is 0.272 e. The summed E-state index contributed by atoms with van der Waals surface area (Å²) >= 11 is 0. The van der Waals surface area contributed by atoms with Crippen LogP contribution in [0, 0.1) is 0 Å². The van der Waals surface area contributed by atoms with Gasteiger partial charge in [0, 0.05) is 68.7 Å². The summed E-state index contributed by atoms with van der Waals surface area (Å²) in [6.45, 7) is 10.8.